The Bertz CT molecular complexity index is 461. The van der Waals surface area contributed by atoms with Gasteiger partial charge in [-0.25, -0.2) is 0 Å². The molecule has 1 N–H and O–H groups in total. The number of amides is 1. The molecular formula is C20H31NO2. The topological polar surface area (TPSA) is 38.3 Å². The van der Waals surface area contributed by atoms with E-state index in [1.807, 2.05) is 19.1 Å². The van der Waals surface area contributed by atoms with Crippen LogP contribution in [0.3, 0.4) is 0 Å². The number of hydrogen-bond donors (Lipinski definition) is 1. The van der Waals surface area contributed by atoms with Crippen LogP contribution in [0.5, 0.6) is 5.75 Å². The number of hydrogen-bond acceptors (Lipinski definition) is 2. The standard InChI is InChI=1S/C20H31NO2/c1-3-16-12-14-18(15-13-16)23-19(4-2)20(22)21-17-10-8-6-5-7-9-11-17/h12-15,17,19H,3-11H2,1-2H3,(H,21,22)/t19-/m0/s1. The molecule has 0 bridgehead atoms. The molecule has 0 saturated heterocycles. The molecule has 1 amide bonds. The summed E-state index contributed by atoms with van der Waals surface area (Å²) in [5.41, 5.74) is 1.28. The maximum atomic E-state index is 12.5. The maximum absolute atomic E-state index is 12.5. The van der Waals surface area contributed by atoms with Crippen molar-refractivity contribution in [3.8, 4) is 5.75 Å². The predicted molar refractivity (Wildman–Crippen MR) is 94.8 cm³/mol. The summed E-state index contributed by atoms with van der Waals surface area (Å²) in [4.78, 5) is 12.5. The van der Waals surface area contributed by atoms with Gasteiger partial charge < -0.3 is 10.1 Å². The van der Waals surface area contributed by atoms with Crippen molar-refractivity contribution < 1.29 is 9.53 Å². The van der Waals surface area contributed by atoms with Crippen molar-refractivity contribution in [2.45, 2.75) is 83.8 Å². The van der Waals surface area contributed by atoms with Gasteiger partial charge in [-0.1, -0.05) is 58.1 Å². The Labute approximate surface area is 140 Å². The first-order chi connectivity index (χ1) is 11.2. The van der Waals surface area contributed by atoms with Crippen LogP contribution in [-0.2, 0) is 11.2 Å². The Kier molecular flexibility index (Phi) is 7.44. The molecule has 128 valence electrons. The van der Waals surface area contributed by atoms with Gasteiger partial charge in [0.2, 0.25) is 0 Å². The van der Waals surface area contributed by atoms with E-state index in [2.05, 4.69) is 24.4 Å². The number of nitrogens with one attached hydrogen (secondary N) is 1. The van der Waals surface area contributed by atoms with Crippen LogP contribution >= 0.6 is 0 Å². The highest BCUT2D eigenvalue weighted by molar-refractivity contribution is 5.81. The van der Waals surface area contributed by atoms with Crippen molar-refractivity contribution in [3.05, 3.63) is 29.8 Å². The van der Waals surface area contributed by atoms with Gasteiger partial charge in [-0.15, -0.1) is 0 Å². The van der Waals surface area contributed by atoms with Gasteiger partial charge in [-0.05, 0) is 43.4 Å². The van der Waals surface area contributed by atoms with Crippen molar-refractivity contribution in [1.82, 2.24) is 5.32 Å². The van der Waals surface area contributed by atoms with E-state index in [-0.39, 0.29) is 5.91 Å². The second kappa shape index (κ2) is 9.59. The summed E-state index contributed by atoms with van der Waals surface area (Å²) in [6.07, 6.45) is 9.90. The van der Waals surface area contributed by atoms with Crippen LogP contribution in [0.2, 0.25) is 0 Å². The van der Waals surface area contributed by atoms with Crippen molar-refractivity contribution in [2.24, 2.45) is 0 Å². The first-order valence-corrected chi connectivity index (χ1v) is 9.29. The average molecular weight is 317 g/mol. The molecule has 1 saturated carbocycles. The van der Waals surface area contributed by atoms with E-state index in [1.54, 1.807) is 0 Å². The Hall–Kier alpha value is -1.51. The molecule has 0 aromatic heterocycles. The van der Waals surface area contributed by atoms with Crippen molar-refractivity contribution >= 4 is 5.91 Å². The van der Waals surface area contributed by atoms with Crippen LogP contribution in [0.15, 0.2) is 24.3 Å². The van der Waals surface area contributed by atoms with E-state index in [9.17, 15) is 4.79 Å². The van der Waals surface area contributed by atoms with E-state index in [0.717, 1.165) is 25.0 Å². The van der Waals surface area contributed by atoms with Crippen LogP contribution < -0.4 is 10.1 Å². The summed E-state index contributed by atoms with van der Waals surface area (Å²) in [5.74, 6) is 0.819. The van der Waals surface area contributed by atoms with Crippen LogP contribution in [0.4, 0.5) is 0 Å². The fraction of sp³-hybridized carbons (Fsp3) is 0.650. The third kappa shape index (κ3) is 5.89. The molecule has 0 unspecified atom stereocenters. The van der Waals surface area contributed by atoms with Crippen LogP contribution in [0, 0.1) is 0 Å². The van der Waals surface area contributed by atoms with Crippen molar-refractivity contribution in [2.75, 3.05) is 0 Å². The van der Waals surface area contributed by atoms with E-state index in [0.29, 0.717) is 12.5 Å². The molecular weight excluding hydrogens is 286 g/mol. The number of rotatable bonds is 6. The van der Waals surface area contributed by atoms with Gasteiger partial charge in [0.05, 0.1) is 0 Å². The van der Waals surface area contributed by atoms with E-state index >= 15 is 0 Å². The third-order valence-electron chi connectivity index (χ3n) is 4.72. The second-order valence-electron chi connectivity index (χ2n) is 6.56. The quantitative estimate of drug-likeness (QED) is 0.830. The number of ether oxygens (including phenoxy) is 1. The van der Waals surface area contributed by atoms with Crippen LogP contribution in [0.25, 0.3) is 0 Å². The fourth-order valence-electron chi connectivity index (χ4n) is 3.18. The number of benzene rings is 1. The summed E-state index contributed by atoms with van der Waals surface area (Å²) in [7, 11) is 0. The largest absolute Gasteiger partial charge is 0.481 e. The first kappa shape index (κ1) is 17.8. The summed E-state index contributed by atoms with van der Waals surface area (Å²) < 4.78 is 5.91. The van der Waals surface area contributed by atoms with E-state index in [4.69, 9.17) is 4.74 Å². The molecule has 2 rings (SSSR count). The lowest BCUT2D eigenvalue weighted by Crippen LogP contribution is -2.43. The van der Waals surface area contributed by atoms with Crippen LogP contribution in [-0.4, -0.2) is 18.1 Å². The summed E-state index contributed by atoms with van der Waals surface area (Å²) in [6.45, 7) is 4.13. The minimum Gasteiger partial charge on any atom is -0.481 e. The molecule has 0 spiro atoms. The predicted octanol–water partition coefficient (Wildman–Crippen LogP) is 4.64. The zero-order chi connectivity index (χ0) is 16.5. The van der Waals surface area contributed by atoms with Crippen molar-refractivity contribution in [3.63, 3.8) is 0 Å². The van der Waals surface area contributed by atoms with Gasteiger partial charge in [0.15, 0.2) is 6.10 Å². The van der Waals surface area contributed by atoms with Crippen molar-refractivity contribution in [1.29, 1.82) is 0 Å². The molecule has 3 heteroatoms. The van der Waals surface area contributed by atoms with Gasteiger partial charge in [0, 0.05) is 6.04 Å². The Morgan fingerprint density at radius 1 is 1.09 bits per heavy atom. The lowest BCUT2D eigenvalue weighted by atomic mass is 9.96. The lowest BCUT2D eigenvalue weighted by Gasteiger charge is -2.24. The Morgan fingerprint density at radius 3 is 2.26 bits per heavy atom. The lowest BCUT2D eigenvalue weighted by molar-refractivity contribution is -0.129. The van der Waals surface area contributed by atoms with Gasteiger partial charge in [0.1, 0.15) is 5.75 Å². The average Bonchev–Trinajstić information content (AvgIpc) is 2.55. The van der Waals surface area contributed by atoms with Gasteiger partial charge >= 0.3 is 0 Å². The smallest absolute Gasteiger partial charge is 0.261 e. The summed E-state index contributed by atoms with van der Waals surface area (Å²) >= 11 is 0. The number of aryl methyl sites for hydroxylation is 1. The summed E-state index contributed by atoms with van der Waals surface area (Å²) in [6, 6.07) is 8.38. The molecule has 23 heavy (non-hydrogen) atoms. The zero-order valence-corrected chi connectivity index (χ0v) is 14.6. The Balaban J connectivity index is 1.88. The molecule has 1 aliphatic carbocycles. The van der Waals surface area contributed by atoms with Gasteiger partial charge in [-0.3, -0.25) is 4.79 Å². The normalized spacial score (nSPS) is 17.8. The molecule has 1 atom stereocenters. The highest BCUT2D eigenvalue weighted by Gasteiger charge is 2.22. The van der Waals surface area contributed by atoms with Gasteiger partial charge in [0.25, 0.3) is 5.91 Å². The molecule has 3 nitrogen and oxygen atoms in total. The highest BCUT2D eigenvalue weighted by Crippen LogP contribution is 2.19. The van der Waals surface area contributed by atoms with Gasteiger partial charge in [-0.2, -0.15) is 0 Å². The monoisotopic (exact) mass is 317 g/mol. The van der Waals surface area contributed by atoms with E-state index < -0.39 is 6.10 Å². The molecule has 1 aromatic carbocycles. The highest BCUT2D eigenvalue weighted by atomic mass is 16.5. The fourth-order valence-corrected chi connectivity index (χ4v) is 3.18. The molecule has 1 aromatic rings. The third-order valence-corrected chi connectivity index (χ3v) is 4.72. The second-order valence-corrected chi connectivity index (χ2v) is 6.56. The molecule has 0 radical (unpaired) electrons. The van der Waals surface area contributed by atoms with Crippen LogP contribution in [0.1, 0.15) is 70.8 Å². The first-order valence-electron chi connectivity index (χ1n) is 9.29. The summed E-state index contributed by atoms with van der Waals surface area (Å²) in [5, 5.41) is 3.22. The maximum Gasteiger partial charge on any atom is 0.261 e. The Morgan fingerprint density at radius 2 is 1.70 bits per heavy atom. The number of carbonyl (C=O) groups excluding carboxylic acids is 1. The number of carbonyl (C=O) groups is 1. The molecule has 0 heterocycles. The minimum absolute atomic E-state index is 0.0395. The molecule has 1 aliphatic rings. The van der Waals surface area contributed by atoms with E-state index in [1.165, 1.54) is 37.7 Å². The molecule has 0 aliphatic heterocycles. The molecule has 1 fully saturated rings. The minimum atomic E-state index is -0.395. The zero-order valence-electron chi connectivity index (χ0n) is 14.6. The SMILES string of the molecule is CCc1ccc(O[C@@H](CC)C(=O)NC2CCCCCCC2)cc1.